The zero-order chi connectivity index (χ0) is 11.1. The Morgan fingerprint density at radius 3 is 3.07 bits per heavy atom. The Kier molecular flexibility index (Phi) is 5.65. The summed E-state index contributed by atoms with van der Waals surface area (Å²) in [5.74, 6) is 0.681. The Labute approximate surface area is 91.6 Å². The average Bonchev–Trinajstić information content (AvgIpc) is 2.18. The second-order valence-corrected chi connectivity index (χ2v) is 4.30. The molecule has 1 fully saturated rings. The molecule has 15 heavy (non-hydrogen) atoms. The number of piperidine rings is 1. The summed E-state index contributed by atoms with van der Waals surface area (Å²) in [6.45, 7) is 5.71. The minimum atomic E-state index is 0.0407. The Hall–Kier alpha value is -0.610. The van der Waals surface area contributed by atoms with Crippen LogP contribution in [0.2, 0.25) is 0 Å². The van der Waals surface area contributed by atoms with Crippen LogP contribution in [-0.2, 0) is 4.79 Å². The number of rotatable bonds is 5. The van der Waals surface area contributed by atoms with Crippen molar-refractivity contribution in [1.29, 1.82) is 0 Å². The summed E-state index contributed by atoms with van der Waals surface area (Å²) in [4.78, 5) is 13.1. The van der Waals surface area contributed by atoms with Crippen LogP contribution in [0.25, 0.3) is 0 Å². The molecule has 1 rings (SSSR count). The van der Waals surface area contributed by atoms with Crippen LogP contribution in [0.1, 0.15) is 26.2 Å². The molecule has 0 spiro atoms. The maximum absolute atomic E-state index is 10.7. The molecule has 1 unspecified atom stereocenters. The summed E-state index contributed by atoms with van der Waals surface area (Å²) in [6, 6.07) is 0. The third-order valence-corrected chi connectivity index (χ3v) is 2.94. The topological polar surface area (TPSA) is 52.6 Å². The van der Waals surface area contributed by atoms with Gasteiger partial charge in [-0.25, -0.2) is 0 Å². The van der Waals surface area contributed by atoms with Gasteiger partial charge < -0.3 is 15.3 Å². The lowest BCUT2D eigenvalue weighted by Crippen LogP contribution is -2.40. The number of likely N-dealkylation sites (tertiary alicyclic amines) is 1. The number of hydrogen-bond acceptors (Lipinski definition) is 3. The van der Waals surface area contributed by atoms with Gasteiger partial charge in [-0.15, -0.1) is 0 Å². The van der Waals surface area contributed by atoms with E-state index in [1.54, 1.807) is 6.92 Å². The Bertz CT molecular complexity index is 195. The van der Waals surface area contributed by atoms with Gasteiger partial charge in [0.1, 0.15) is 0 Å². The van der Waals surface area contributed by atoms with Gasteiger partial charge in [0.15, 0.2) is 0 Å². The van der Waals surface area contributed by atoms with E-state index in [-0.39, 0.29) is 5.91 Å². The van der Waals surface area contributed by atoms with Gasteiger partial charge in [-0.05, 0) is 31.7 Å². The summed E-state index contributed by atoms with van der Waals surface area (Å²) in [7, 11) is 0. The van der Waals surface area contributed by atoms with Crippen molar-refractivity contribution >= 4 is 5.91 Å². The molecule has 0 aliphatic carbocycles. The van der Waals surface area contributed by atoms with Gasteiger partial charge in [-0.1, -0.05) is 0 Å². The molecule has 0 aromatic heterocycles. The predicted molar refractivity (Wildman–Crippen MR) is 59.6 cm³/mol. The molecule has 0 bridgehead atoms. The van der Waals surface area contributed by atoms with Crippen molar-refractivity contribution in [3.63, 3.8) is 0 Å². The van der Waals surface area contributed by atoms with Gasteiger partial charge in [0.25, 0.3) is 0 Å². The van der Waals surface area contributed by atoms with Gasteiger partial charge in [-0.3, -0.25) is 4.79 Å². The number of carbonyl (C=O) groups excluding carboxylic acids is 1. The van der Waals surface area contributed by atoms with Crippen LogP contribution in [0.4, 0.5) is 0 Å². The first-order valence-corrected chi connectivity index (χ1v) is 5.80. The molecule has 88 valence electrons. The second kappa shape index (κ2) is 6.80. The summed E-state index contributed by atoms with van der Waals surface area (Å²) < 4.78 is 0. The van der Waals surface area contributed by atoms with Crippen LogP contribution in [-0.4, -0.2) is 48.7 Å². The van der Waals surface area contributed by atoms with E-state index in [1.165, 1.54) is 12.8 Å². The molecule has 2 N–H and O–H groups in total. The molecule has 0 saturated carbocycles. The molecule has 4 heteroatoms. The molecule has 1 atom stereocenters. The molecular formula is C11H22N2O2. The van der Waals surface area contributed by atoms with Crippen LogP contribution in [0.5, 0.6) is 0 Å². The third kappa shape index (κ3) is 5.14. The normalized spacial score (nSPS) is 22.7. The average molecular weight is 214 g/mol. The molecule has 0 radical (unpaired) electrons. The molecule has 1 saturated heterocycles. The van der Waals surface area contributed by atoms with Crippen molar-refractivity contribution in [2.24, 2.45) is 5.92 Å². The second-order valence-electron chi connectivity index (χ2n) is 4.30. The Morgan fingerprint density at radius 1 is 1.60 bits per heavy atom. The maximum Gasteiger partial charge on any atom is 0.216 e. The summed E-state index contributed by atoms with van der Waals surface area (Å²) >= 11 is 0. The lowest BCUT2D eigenvalue weighted by Gasteiger charge is -2.32. The number of carbonyl (C=O) groups is 1. The summed E-state index contributed by atoms with van der Waals surface area (Å²) in [5.41, 5.74) is 0. The zero-order valence-electron chi connectivity index (χ0n) is 9.54. The standard InChI is InChI=1S/C11H22N2O2/c1-10(15)12-5-7-13-6-2-3-11(9-13)4-8-14/h11,14H,2-9H2,1H3,(H,12,15). The molecule has 0 aromatic rings. The monoisotopic (exact) mass is 214 g/mol. The Morgan fingerprint density at radius 2 is 2.40 bits per heavy atom. The van der Waals surface area contributed by atoms with Crippen LogP contribution in [0.3, 0.4) is 0 Å². The smallest absolute Gasteiger partial charge is 0.216 e. The Balaban J connectivity index is 2.15. The first-order valence-electron chi connectivity index (χ1n) is 5.80. The van der Waals surface area contributed by atoms with Crippen molar-refractivity contribution < 1.29 is 9.90 Å². The zero-order valence-corrected chi connectivity index (χ0v) is 9.54. The van der Waals surface area contributed by atoms with E-state index in [9.17, 15) is 4.79 Å². The predicted octanol–water partition coefficient (Wildman–Crippen LogP) is 0.217. The van der Waals surface area contributed by atoms with Crippen molar-refractivity contribution in [2.75, 3.05) is 32.8 Å². The minimum Gasteiger partial charge on any atom is -0.396 e. The van der Waals surface area contributed by atoms with Crippen molar-refractivity contribution in [3.05, 3.63) is 0 Å². The first-order chi connectivity index (χ1) is 7.22. The number of amides is 1. The van der Waals surface area contributed by atoms with E-state index in [4.69, 9.17) is 5.11 Å². The lowest BCUT2D eigenvalue weighted by molar-refractivity contribution is -0.119. The van der Waals surface area contributed by atoms with Crippen LogP contribution < -0.4 is 5.32 Å². The van der Waals surface area contributed by atoms with E-state index >= 15 is 0 Å². The minimum absolute atomic E-state index is 0.0407. The van der Waals surface area contributed by atoms with Crippen LogP contribution in [0.15, 0.2) is 0 Å². The molecule has 4 nitrogen and oxygen atoms in total. The van der Waals surface area contributed by atoms with Crippen molar-refractivity contribution in [3.8, 4) is 0 Å². The highest BCUT2D eigenvalue weighted by atomic mass is 16.3. The number of nitrogens with one attached hydrogen (secondary N) is 1. The molecule has 1 aliphatic rings. The fourth-order valence-electron chi connectivity index (χ4n) is 2.16. The molecular weight excluding hydrogens is 192 g/mol. The van der Waals surface area contributed by atoms with Crippen LogP contribution >= 0.6 is 0 Å². The fraction of sp³-hybridized carbons (Fsp3) is 0.909. The molecule has 1 aliphatic heterocycles. The molecule has 1 amide bonds. The summed E-state index contributed by atoms with van der Waals surface area (Å²) in [5, 5.41) is 11.7. The van der Waals surface area contributed by atoms with E-state index in [0.717, 1.165) is 32.6 Å². The SMILES string of the molecule is CC(=O)NCCN1CCCC(CCO)C1. The van der Waals surface area contributed by atoms with Gasteiger partial charge in [0.2, 0.25) is 5.91 Å². The van der Waals surface area contributed by atoms with Gasteiger partial charge in [0.05, 0.1) is 0 Å². The molecule has 0 aromatic carbocycles. The number of hydrogen-bond donors (Lipinski definition) is 2. The highest BCUT2D eigenvalue weighted by Gasteiger charge is 2.18. The first kappa shape index (κ1) is 12.5. The van der Waals surface area contributed by atoms with Crippen molar-refractivity contribution in [1.82, 2.24) is 10.2 Å². The number of nitrogens with zero attached hydrogens (tertiary/aromatic N) is 1. The highest BCUT2D eigenvalue weighted by molar-refractivity contribution is 5.72. The number of aliphatic hydroxyl groups excluding tert-OH is 1. The van der Waals surface area contributed by atoms with E-state index < -0.39 is 0 Å². The van der Waals surface area contributed by atoms with Gasteiger partial charge >= 0.3 is 0 Å². The van der Waals surface area contributed by atoms with Gasteiger partial charge in [-0.2, -0.15) is 0 Å². The highest BCUT2D eigenvalue weighted by Crippen LogP contribution is 2.18. The quantitative estimate of drug-likeness (QED) is 0.688. The fourth-order valence-corrected chi connectivity index (χ4v) is 2.16. The van der Waals surface area contributed by atoms with E-state index in [1.807, 2.05) is 0 Å². The largest absolute Gasteiger partial charge is 0.396 e. The van der Waals surface area contributed by atoms with E-state index in [0.29, 0.717) is 12.5 Å². The lowest BCUT2D eigenvalue weighted by atomic mass is 9.95. The molecule has 1 heterocycles. The maximum atomic E-state index is 10.7. The van der Waals surface area contributed by atoms with Crippen LogP contribution in [0, 0.1) is 5.92 Å². The number of aliphatic hydroxyl groups is 1. The van der Waals surface area contributed by atoms with E-state index in [2.05, 4.69) is 10.2 Å². The summed E-state index contributed by atoms with van der Waals surface area (Å²) in [6.07, 6.45) is 3.36. The third-order valence-electron chi connectivity index (χ3n) is 2.94. The van der Waals surface area contributed by atoms with Crippen molar-refractivity contribution in [2.45, 2.75) is 26.2 Å². The van der Waals surface area contributed by atoms with Gasteiger partial charge in [0, 0.05) is 33.2 Å².